The number of carbonyl (C=O) groups is 4. The van der Waals surface area contributed by atoms with Gasteiger partial charge in [0, 0.05) is 0 Å². The Morgan fingerprint density at radius 2 is 1.79 bits per heavy atom. The quantitative estimate of drug-likeness (QED) is 0.328. The molecule has 2 aliphatic rings. The number of benzene rings is 1. The number of piperidine rings is 1. The van der Waals surface area contributed by atoms with E-state index in [1.807, 2.05) is 30.3 Å². The molecule has 0 spiro atoms. The average Bonchev–Trinajstić information content (AvgIpc) is 2.90. The molecule has 8 nitrogen and oxygen atoms in total. The Hall–Kier alpha value is -2.28. The van der Waals surface area contributed by atoms with Crippen molar-refractivity contribution in [3.8, 4) is 0 Å². The van der Waals surface area contributed by atoms with Crippen LogP contribution in [0.4, 0.5) is 0 Å². The van der Waals surface area contributed by atoms with Crippen LogP contribution in [0.25, 0.3) is 0 Å². The summed E-state index contributed by atoms with van der Waals surface area (Å²) in [5, 5.41) is 5.62. The van der Waals surface area contributed by atoms with Gasteiger partial charge in [-0.2, -0.15) is 0 Å². The normalized spacial score (nSPS) is 18.9. The molecule has 2 heterocycles. The summed E-state index contributed by atoms with van der Waals surface area (Å²) in [5.74, 6) is -1.25. The van der Waals surface area contributed by atoms with Crippen molar-refractivity contribution in [3.63, 3.8) is 0 Å². The molecular formula is C29H42N2O6Zn. The van der Waals surface area contributed by atoms with Gasteiger partial charge in [-0.3, -0.25) is 4.79 Å². The van der Waals surface area contributed by atoms with Crippen LogP contribution in [0.1, 0.15) is 71.3 Å². The van der Waals surface area contributed by atoms with Crippen LogP contribution >= 0.6 is 0 Å². The van der Waals surface area contributed by atoms with Crippen LogP contribution in [-0.2, 0) is 52.4 Å². The number of nitrogens with zero attached hydrogens (tertiary/aromatic N) is 1. The van der Waals surface area contributed by atoms with Crippen molar-refractivity contribution in [1.29, 1.82) is 0 Å². The Morgan fingerprint density at radius 1 is 1.08 bits per heavy atom. The Labute approximate surface area is 234 Å². The molecule has 2 aliphatic heterocycles. The van der Waals surface area contributed by atoms with E-state index in [2.05, 4.69) is 5.32 Å². The molecule has 2 amide bonds. The third kappa shape index (κ3) is 10.5. The summed E-state index contributed by atoms with van der Waals surface area (Å²) >= 11 is -0.244. The number of nitrogens with one attached hydrogen (secondary N) is 1. The molecular weight excluding hydrogens is 538 g/mol. The van der Waals surface area contributed by atoms with Gasteiger partial charge in [0.2, 0.25) is 0 Å². The van der Waals surface area contributed by atoms with E-state index in [0.29, 0.717) is 31.8 Å². The molecule has 1 aromatic carbocycles. The Bertz CT molecular complexity index is 942. The second-order valence-corrected chi connectivity index (χ2v) is 16.1. The number of carbonyl (C=O) groups excluding carboxylic acids is 4. The van der Waals surface area contributed by atoms with Gasteiger partial charge in [-0.1, -0.05) is 30.3 Å². The Balaban J connectivity index is 1.55. The third-order valence-corrected chi connectivity index (χ3v) is 11.1. The van der Waals surface area contributed by atoms with Gasteiger partial charge in [0.25, 0.3) is 0 Å². The fraction of sp³-hybridized carbons (Fsp3) is 0.655. The molecule has 0 aliphatic carbocycles. The van der Waals surface area contributed by atoms with Crippen molar-refractivity contribution in [2.24, 2.45) is 11.8 Å². The summed E-state index contributed by atoms with van der Waals surface area (Å²) in [6, 6.07) is 8.10. The van der Waals surface area contributed by atoms with E-state index in [0.717, 1.165) is 18.4 Å². The van der Waals surface area contributed by atoms with Crippen LogP contribution in [0.5, 0.6) is 0 Å². The minimum absolute atomic E-state index is 0.0812. The van der Waals surface area contributed by atoms with Gasteiger partial charge in [-0.05, 0) is 26.3 Å². The maximum atomic E-state index is 13.2. The van der Waals surface area contributed by atoms with E-state index >= 15 is 0 Å². The van der Waals surface area contributed by atoms with E-state index in [9.17, 15) is 19.2 Å². The molecule has 9 heteroatoms. The molecule has 206 valence electrons. The standard InChI is InChI=1S/C29H42N2O6.Zn/c1-6-21(7-2)15-16-25(32)31-17-11-14-23(19-31)27(34)30-24(28(35)37-29(3,4)5)18-26(33)36-20-22-12-9-8-10-13-22;/h8-10,12-13,21,23-24H,1-2,6-7,11,14-20H2,3-5H3,(H,30,34);/t23-,24+;/m1./s1. The second-order valence-electron chi connectivity index (χ2n) is 11.7. The van der Waals surface area contributed by atoms with Crippen LogP contribution in [0.15, 0.2) is 30.3 Å². The number of hydrogen-bond donors (Lipinski definition) is 1. The van der Waals surface area contributed by atoms with Crippen LogP contribution in [-0.4, -0.2) is 53.4 Å². The van der Waals surface area contributed by atoms with Crippen molar-refractivity contribution in [2.75, 3.05) is 13.1 Å². The number of esters is 2. The summed E-state index contributed by atoms with van der Waals surface area (Å²) < 4.78 is 10.8. The number of amides is 2. The van der Waals surface area contributed by atoms with E-state index in [-0.39, 0.29) is 42.0 Å². The molecule has 38 heavy (non-hydrogen) atoms. The zero-order valence-electron chi connectivity index (χ0n) is 23.2. The summed E-state index contributed by atoms with van der Waals surface area (Å²) in [4.78, 5) is 53.4. The van der Waals surface area contributed by atoms with Gasteiger partial charge in [-0.25, -0.2) is 4.79 Å². The first-order valence-electron chi connectivity index (χ1n) is 14.1. The molecule has 3 rings (SSSR count). The first kappa shape index (κ1) is 30.3. The summed E-state index contributed by atoms with van der Waals surface area (Å²) in [7, 11) is 0. The van der Waals surface area contributed by atoms with Gasteiger partial charge >= 0.3 is 140 Å². The molecule has 0 bridgehead atoms. The van der Waals surface area contributed by atoms with Crippen molar-refractivity contribution in [3.05, 3.63) is 35.9 Å². The first-order chi connectivity index (χ1) is 18.1. The molecule has 2 fully saturated rings. The zero-order chi connectivity index (χ0) is 27.5. The van der Waals surface area contributed by atoms with Crippen LogP contribution in [0.2, 0.25) is 10.0 Å². The van der Waals surface area contributed by atoms with Gasteiger partial charge < -0.3 is 9.47 Å². The van der Waals surface area contributed by atoms with Gasteiger partial charge in [0.1, 0.15) is 12.2 Å². The van der Waals surface area contributed by atoms with Gasteiger partial charge in [0.15, 0.2) is 0 Å². The summed E-state index contributed by atoms with van der Waals surface area (Å²) in [5.41, 5.74) is 0.0558. The third-order valence-electron chi connectivity index (χ3n) is 7.26. The molecule has 1 N–H and O–H groups in total. The van der Waals surface area contributed by atoms with Gasteiger partial charge in [0.05, 0.1) is 6.42 Å². The van der Waals surface area contributed by atoms with Crippen molar-refractivity contribution in [2.45, 2.75) is 94.0 Å². The molecule has 0 unspecified atom stereocenters. The number of likely N-dealkylation sites (tertiary alicyclic amines) is 1. The van der Waals surface area contributed by atoms with Crippen LogP contribution < -0.4 is 5.32 Å². The predicted octanol–water partition coefficient (Wildman–Crippen LogP) is 4.29. The fourth-order valence-electron chi connectivity index (χ4n) is 5.20. The zero-order valence-corrected chi connectivity index (χ0v) is 26.2. The Morgan fingerprint density at radius 3 is 2.47 bits per heavy atom. The van der Waals surface area contributed by atoms with Gasteiger partial charge in [-0.15, -0.1) is 0 Å². The van der Waals surface area contributed by atoms with Crippen molar-refractivity contribution < 1.29 is 45.8 Å². The topological polar surface area (TPSA) is 102 Å². The van der Waals surface area contributed by atoms with Crippen molar-refractivity contribution in [1.82, 2.24) is 10.2 Å². The monoisotopic (exact) mass is 578 g/mol. The average molecular weight is 580 g/mol. The second kappa shape index (κ2) is 14.8. The van der Waals surface area contributed by atoms with Crippen LogP contribution in [0, 0.1) is 11.8 Å². The Kier molecular flexibility index (Phi) is 11.8. The number of hydrogen-bond acceptors (Lipinski definition) is 6. The molecule has 0 radical (unpaired) electrons. The minimum atomic E-state index is -1.16. The molecule has 2 saturated heterocycles. The summed E-state index contributed by atoms with van der Waals surface area (Å²) in [6.07, 6.45) is 5.10. The van der Waals surface area contributed by atoms with Crippen molar-refractivity contribution >= 4 is 23.8 Å². The molecule has 2 atom stereocenters. The summed E-state index contributed by atoms with van der Waals surface area (Å²) in [6.45, 7) is 6.28. The number of ether oxygens (including phenoxy) is 2. The van der Waals surface area contributed by atoms with Crippen LogP contribution in [0.3, 0.4) is 0 Å². The number of rotatable bonds is 10. The van der Waals surface area contributed by atoms with E-state index in [1.165, 1.54) is 22.9 Å². The molecule has 0 aromatic heterocycles. The first-order valence-corrected chi connectivity index (χ1v) is 18.3. The fourth-order valence-corrected chi connectivity index (χ4v) is 9.57. The predicted molar refractivity (Wildman–Crippen MR) is 140 cm³/mol. The SMILES string of the molecule is CC(C)(C)OC(=O)[C@H](CC(=O)OCc1ccccc1)NC(=O)[C@@H]1CCCN(C(=O)CCC2C[CH2][Zn][CH2]C2)C1. The molecule has 0 saturated carbocycles. The van der Waals surface area contributed by atoms with E-state index in [4.69, 9.17) is 9.47 Å². The molecule has 1 aromatic rings. The van der Waals surface area contributed by atoms with E-state index < -0.39 is 29.5 Å². The maximum absolute atomic E-state index is 13.2. The van der Waals surface area contributed by atoms with E-state index in [1.54, 1.807) is 25.7 Å².